The number of hydrogen-bond acceptors (Lipinski definition) is 5. The molecule has 1 aromatic carbocycles. The molecule has 0 aromatic heterocycles. The van der Waals surface area contributed by atoms with E-state index in [1.54, 1.807) is 26.0 Å². The lowest BCUT2D eigenvalue weighted by Crippen LogP contribution is -2.31. The van der Waals surface area contributed by atoms with Crippen LogP contribution in [0.15, 0.2) is 29.2 Å². The topological polar surface area (TPSA) is 101 Å². The average Bonchev–Trinajstić information content (AvgIpc) is 2.94. The molecule has 1 saturated heterocycles. The van der Waals surface area contributed by atoms with Crippen LogP contribution in [0, 0.1) is 5.92 Å². The molecule has 0 aliphatic carbocycles. The summed E-state index contributed by atoms with van der Waals surface area (Å²) in [4.78, 5) is 12.2. The lowest BCUT2D eigenvalue weighted by molar-refractivity contribution is -0.124. The van der Waals surface area contributed by atoms with Crippen molar-refractivity contribution in [3.8, 4) is 0 Å². The second-order valence-electron chi connectivity index (χ2n) is 6.05. The molecular weight excluding hydrogens is 364 g/mol. The predicted octanol–water partition coefficient (Wildman–Crippen LogP) is 0.768. The largest absolute Gasteiger partial charge is 0.352 e. The molecule has 2 rings (SSSR count). The van der Waals surface area contributed by atoms with E-state index in [1.165, 1.54) is 16.4 Å². The van der Waals surface area contributed by atoms with Gasteiger partial charge in [0, 0.05) is 19.6 Å². The highest BCUT2D eigenvalue weighted by Gasteiger charge is 2.32. The monoisotopic (exact) mass is 388 g/mol. The molecule has 140 valence electrons. The Hall–Kier alpha value is -1.45. The number of nitrogens with one attached hydrogen (secondary N) is 1. The van der Waals surface area contributed by atoms with Gasteiger partial charge >= 0.3 is 0 Å². The summed E-state index contributed by atoms with van der Waals surface area (Å²) in [7, 11) is -6.59. The fraction of sp³-hybridized carbons (Fsp3) is 0.562. The number of benzene rings is 1. The van der Waals surface area contributed by atoms with Crippen molar-refractivity contribution < 1.29 is 21.6 Å². The van der Waals surface area contributed by atoms with E-state index < -0.39 is 25.8 Å². The minimum absolute atomic E-state index is 0.0585. The standard InChI is InChI=1S/C16H24N2O5S2/c1-3-18(4-2)25(22,23)15-7-5-13(6-8-15)11-17-16(19)14-9-10-24(20,21)12-14/h5-8,14H,3-4,9-12H2,1-2H3,(H,17,19)/t14-/m0/s1. The molecule has 1 aliphatic heterocycles. The van der Waals surface area contributed by atoms with Crippen LogP contribution in [0.1, 0.15) is 25.8 Å². The molecule has 1 amide bonds. The van der Waals surface area contributed by atoms with Gasteiger partial charge in [0.1, 0.15) is 0 Å². The quantitative estimate of drug-likeness (QED) is 0.743. The van der Waals surface area contributed by atoms with E-state index >= 15 is 0 Å². The van der Waals surface area contributed by atoms with Crippen LogP contribution in [0.3, 0.4) is 0 Å². The Kier molecular flexibility index (Phi) is 6.23. The van der Waals surface area contributed by atoms with Crippen LogP contribution in [0.4, 0.5) is 0 Å². The summed E-state index contributed by atoms with van der Waals surface area (Å²) in [6, 6.07) is 6.36. The summed E-state index contributed by atoms with van der Waals surface area (Å²) in [6.45, 7) is 4.62. The first-order valence-electron chi connectivity index (χ1n) is 8.27. The number of hydrogen-bond donors (Lipinski definition) is 1. The number of carbonyl (C=O) groups excluding carboxylic acids is 1. The van der Waals surface area contributed by atoms with Gasteiger partial charge in [-0.15, -0.1) is 0 Å². The zero-order chi connectivity index (χ0) is 18.7. The van der Waals surface area contributed by atoms with E-state index in [0.29, 0.717) is 19.5 Å². The van der Waals surface area contributed by atoms with Gasteiger partial charge in [0.05, 0.1) is 22.3 Å². The lowest BCUT2D eigenvalue weighted by atomic mass is 10.1. The van der Waals surface area contributed by atoms with Crippen molar-refractivity contribution in [2.45, 2.75) is 31.7 Å². The molecule has 0 unspecified atom stereocenters. The molecule has 1 fully saturated rings. The number of sulfonamides is 1. The zero-order valence-corrected chi connectivity index (χ0v) is 16.1. The highest BCUT2D eigenvalue weighted by atomic mass is 32.2. The summed E-state index contributed by atoms with van der Waals surface area (Å²) in [6.07, 6.45) is 0.356. The molecule has 1 aliphatic rings. The first-order valence-corrected chi connectivity index (χ1v) is 11.5. The van der Waals surface area contributed by atoms with Crippen LogP contribution in [0.2, 0.25) is 0 Å². The Morgan fingerprint density at radius 3 is 2.28 bits per heavy atom. The first kappa shape index (κ1) is 19.9. The minimum Gasteiger partial charge on any atom is -0.352 e. The van der Waals surface area contributed by atoms with Crippen LogP contribution in [0.25, 0.3) is 0 Å². The molecule has 0 bridgehead atoms. The van der Waals surface area contributed by atoms with E-state index in [-0.39, 0.29) is 28.9 Å². The molecule has 0 spiro atoms. The van der Waals surface area contributed by atoms with Gasteiger partial charge in [-0.25, -0.2) is 16.8 Å². The zero-order valence-electron chi connectivity index (χ0n) is 14.4. The van der Waals surface area contributed by atoms with Gasteiger partial charge < -0.3 is 5.32 Å². The van der Waals surface area contributed by atoms with Crippen molar-refractivity contribution in [3.63, 3.8) is 0 Å². The second kappa shape index (κ2) is 7.84. The van der Waals surface area contributed by atoms with Crippen LogP contribution in [0.5, 0.6) is 0 Å². The Balaban J connectivity index is 1.98. The van der Waals surface area contributed by atoms with E-state index in [1.807, 2.05) is 0 Å². The molecule has 7 nitrogen and oxygen atoms in total. The third-order valence-corrected chi connectivity index (χ3v) is 8.17. The average molecular weight is 389 g/mol. The van der Waals surface area contributed by atoms with Gasteiger partial charge in [0.15, 0.2) is 9.84 Å². The SMILES string of the molecule is CCN(CC)S(=O)(=O)c1ccc(CNC(=O)[C@H]2CCS(=O)(=O)C2)cc1. The molecule has 0 radical (unpaired) electrons. The maximum atomic E-state index is 12.4. The van der Waals surface area contributed by atoms with Crippen LogP contribution >= 0.6 is 0 Å². The normalized spacial score (nSPS) is 19.9. The number of carbonyl (C=O) groups is 1. The maximum Gasteiger partial charge on any atom is 0.243 e. The highest BCUT2D eigenvalue weighted by molar-refractivity contribution is 7.91. The Morgan fingerprint density at radius 2 is 1.80 bits per heavy atom. The number of sulfone groups is 1. The van der Waals surface area contributed by atoms with Gasteiger partial charge in [0.25, 0.3) is 0 Å². The molecule has 9 heteroatoms. The molecule has 1 heterocycles. The number of amides is 1. The summed E-state index contributed by atoms with van der Waals surface area (Å²) < 4.78 is 49.0. The first-order chi connectivity index (χ1) is 11.7. The van der Waals surface area contributed by atoms with Crippen molar-refractivity contribution >= 4 is 25.8 Å². The van der Waals surface area contributed by atoms with Crippen LogP contribution < -0.4 is 5.32 Å². The fourth-order valence-electron chi connectivity index (χ4n) is 2.83. The Bertz CT molecular complexity index is 813. The van der Waals surface area contributed by atoms with Crippen molar-refractivity contribution in [1.82, 2.24) is 9.62 Å². The molecular formula is C16H24N2O5S2. The van der Waals surface area contributed by atoms with Crippen molar-refractivity contribution in [2.75, 3.05) is 24.6 Å². The van der Waals surface area contributed by atoms with E-state index in [2.05, 4.69) is 5.32 Å². The minimum atomic E-state index is -3.50. The smallest absolute Gasteiger partial charge is 0.243 e. The van der Waals surface area contributed by atoms with Crippen molar-refractivity contribution in [1.29, 1.82) is 0 Å². The van der Waals surface area contributed by atoms with Gasteiger partial charge in [-0.2, -0.15) is 4.31 Å². The van der Waals surface area contributed by atoms with E-state index in [4.69, 9.17) is 0 Å². The Labute approximate surface area is 149 Å². The van der Waals surface area contributed by atoms with E-state index in [9.17, 15) is 21.6 Å². The fourth-order valence-corrected chi connectivity index (χ4v) is 6.03. The summed E-state index contributed by atoms with van der Waals surface area (Å²) >= 11 is 0. The van der Waals surface area contributed by atoms with Crippen molar-refractivity contribution in [3.05, 3.63) is 29.8 Å². The highest BCUT2D eigenvalue weighted by Crippen LogP contribution is 2.19. The second-order valence-corrected chi connectivity index (χ2v) is 10.2. The van der Waals surface area contributed by atoms with Gasteiger partial charge in [-0.05, 0) is 24.1 Å². The molecule has 1 aromatic rings. The third-order valence-electron chi connectivity index (χ3n) is 4.34. The lowest BCUT2D eigenvalue weighted by Gasteiger charge is -2.18. The van der Waals surface area contributed by atoms with Gasteiger partial charge in [-0.3, -0.25) is 4.79 Å². The van der Waals surface area contributed by atoms with Crippen molar-refractivity contribution in [2.24, 2.45) is 5.92 Å². The summed E-state index contributed by atoms with van der Waals surface area (Å²) in [5.74, 6) is -0.809. The third kappa shape index (κ3) is 4.80. The molecule has 0 saturated carbocycles. The van der Waals surface area contributed by atoms with Crippen LogP contribution in [-0.2, 0) is 31.2 Å². The summed E-state index contributed by atoms with van der Waals surface area (Å²) in [5.41, 5.74) is 0.757. The molecule has 1 atom stereocenters. The van der Waals surface area contributed by atoms with Gasteiger partial charge in [-0.1, -0.05) is 26.0 Å². The number of rotatable bonds is 7. The predicted molar refractivity (Wildman–Crippen MR) is 95.2 cm³/mol. The molecule has 1 N–H and O–H groups in total. The summed E-state index contributed by atoms with van der Waals surface area (Å²) in [5, 5.41) is 2.72. The molecule has 25 heavy (non-hydrogen) atoms. The number of nitrogens with zero attached hydrogens (tertiary/aromatic N) is 1. The van der Waals surface area contributed by atoms with Gasteiger partial charge in [0.2, 0.25) is 15.9 Å². The Morgan fingerprint density at radius 1 is 1.20 bits per heavy atom. The maximum absolute atomic E-state index is 12.4. The van der Waals surface area contributed by atoms with E-state index in [0.717, 1.165) is 5.56 Å². The van der Waals surface area contributed by atoms with Crippen LogP contribution in [-0.4, -0.2) is 51.6 Å².